The number of piperidine rings is 1. The number of carbonyl (C=O) groups is 1. The van der Waals surface area contributed by atoms with Crippen molar-refractivity contribution in [3.63, 3.8) is 0 Å². The standard InChI is InChI=1S/C19H29NO5S/c1-18(2,3)25-17(21)20-13-10-19(11-14-20,12-15-24-26(4,22)23)16-8-6-5-7-9-16/h5-9H,10-15H2,1-4H3. The van der Waals surface area contributed by atoms with Crippen molar-refractivity contribution < 1.29 is 22.1 Å². The Hall–Kier alpha value is -1.60. The van der Waals surface area contributed by atoms with Crippen LogP contribution in [0, 0.1) is 0 Å². The number of hydrogen-bond acceptors (Lipinski definition) is 5. The van der Waals surface area contributed by atoms with Crippen LogP contribution in [-0.4, -0.2) is 51.0 Å². The van der Waals surface area contributed by atoms with E-state index in [1.807, 2.05) is 39.0 Å². The average molecular weight is 384 g/mol. The monoisotopic (exact) mass is 383 g/mol. The molecule has 1 aromatic carbocycles. The van der Waals surface area contributed by atoms with Gasteiger partial charge in [0, 0.05) is 18.5 Å². The molecule has 146 valence electrons. The molecule has 1 aliphatic rings. The van der Waals surface area contributed by atoms with Crippen molar-refractivity contribution in [1.82, 2.24) is 4.90 Å². The Bertz CT molecular complexity index is 701. The first-order valence-corrected chi connectivity index (χ1v) is 10.7. The summed E-state index contributed by atoms with van der Waals surface area (Å²) in [5.74, 6) is 0. The molecule has 1 heterocycles. The van der Waals surface area contributed by atoms with Gasteiger partial charge in [-0.15, -0.1) is 0 Å². The molecule has 1 aromatic rings. The van der Waals surface area contributed by atoms with Gasteiger partial charge >= 0.3 is 6.09 Å². The molecule has 0 atom stereocenters. The normalized spacial score (nSPS) is 17.8. The second-order valence-electron chi connectivity index (χ2n) is 7.89. The fourth-order valence-electron chi connectivity index (χ4n) is 3.31. The lowest BCUT2D eigenvalue weighted by molar-refractivity contribution is 0.0153. The second-order valence-corrected chi connectivity index (χ2v) is 9.53. The molecule has 0 spiro atoms. The maximum absolute atomic E-state index is 12.3. The lowest BCUT2D eigenvalue weighted by atomic mass is 9.70. The summed E-state index contributed by atoms with van der Waals surface area (Å²) in [6.45, 7) is 6.84. The smallest absolute Gasteiger partial charge is 0.410 e. The van der Waals surface area contributed by atoms with Crippen LogP contribution in [0.15, 0.2) is 30.3 Å². The summed E-state index contributed by atoms with van der Waals surface area (Å²) in [6.07, 6.45) is 2.83. The molecule has 26 heavy (non-hydrogen) atoms. The fraction of sp³-hybridized carbons (Fsp3) is 0.632. The minimum absolute atomic E-state index is 0.139. The number of rotatable bonds is 5. The van der Waals surface area contributed by atoms with E-state index in [1.54, 1.807) is 4.90 Å². The number of amides is 1. The van der Waals surface area contributed by atoms with Crippen molar-refractivity contribution in [1.29, 1.82) is 0 Å². The summed E-state index contributed by atoms with van der Waals surface area (Å²) in [7, 11) is -3.46. The van der Waals surface area contributed by atoms with Crippen LogP contribution in [0.25, 0.3) is 0 Å². The molecule has 0 N–H and O–H groups in total. The van der Waals surface area contributed by atoms with Crippen LogP contribution in [0.5, 0.6) is 0 Å². The van der Waals surface area contributed by atoms with E-state index in [1.165, 1.54) is 0 Å². The molecule has 0 radical (unpaired) electrons. The zero-order chi connectivity index (χ0) is 19.4. The lowest BCUT2D eigenvalue weighted by Gasteiger charge is -2.42. The Morgan fingerprint density at radius 3 is 2.23 bits per heavy atom. The number of hydrogen-bond donors (Lipinski definition) is 0. The third kappa shape index (κ3) is 5.99. The fourth-order valence-corrected chi connectivity index (χ4v) is 3.69. The highest BCUT2D eigenvalue weighted by molar-refractivity contribution is 7.85. The predicted octanol–water partition coefficient (Wildman–Crippen LogP) is 3.32. The third-order valence-electron chi connectivity index (χ3n) is 4.64. The van der Waals surface area contributed by atoms with E-state index < -0.39 is 15.7 Å². The molecule has 7 heteroatoms. The molecule has 0 bridgehead atoms. The van der Waals surface area contributed by atoms with Gasteiger partial charge < -0.3 is 9.64 Å². The van der Waals surface area contributed by atoms with Crippen LogP contribution >= 0.6 is 0 Å². The number of carbonyl (C=O) groups excluding carboxylic acids is 1. The second kappa shape index (κ2) is 7.96. The Morgan fingerprint density at radius 1 is 1.15 bits per heavy atom. The number of likely N-dealkylation sites (tertiary alicyclic amines) is 1. The first kappa shape index (κ1) is 20.7. The van der Waals surface area contributed by atoms with Gasteiger partial charge in [-0.3, -0.25) is 4.18 Å². The van der Waals surface area contributed by atoms with E-state index in [9.17, 15) is 13.2 Å². The highest BCUT2D eigenvalue weighted by atomic mass is 32.2. The van der Waals surface area contributed by atoms with Crippen molar-refractivity contribution in [3.8, 4) is 0 Å². The molecule has 6 nitrogen and oxygen atoms in total. The van der Waals surface area contributed by atoms with Gasteiger partial charge in [0.05, 0.1) is 12.9 Å². The summed E-state index contributed by atoms with van der Waals surface area (Å²) >= 11 is 0. The van der Waals surface area contributed by atoms with Gasteiger partial charge in [0.25, 0.3) is 10.1 Å². The van der Waals surface area contributed by atoms with Gasteiger partial charge in [-0.05, 0) is 45.6 Å². The highest BCUT2D eigenvalue weighted by Crippen LogP contribution is 2.39. The number of benzene rings is 1. The Morgan fingerprint density at radius 2 is 1.73 bits per heavy atom. The first-order chi connectivity index (χ1) is 12.0. The highest BCUT2D eigenvalue weighted by Gasteiger charge is 2.38. The summed E-state index contributed by atoms with van der Waals surface area (Å²) in [6, 6.07) is 10.0. The van der Waals surface area contributed by atoms with Crippen LogP contribution in [0.2, 0.25) is 0 Å². The molecule has 0 saturated carbocycles. The third-order valence-corrected chi connectivity index (χ3v) is 5.23. The van der Waals surface area contributed by atoms with Gasteiger partial charge in [0.15, 0.2) is 0 Å². The van der Waals surface area contributed by atoms with Gasteiger partial charge in [-0.2, -0.15) is 8.42 Å². The maximum atomic E-state index is 12.3. The molecule has 2 rings (SSSR count). The molecule has 0 aliphatic carbocycles. The van der Waals surface area contributed by atoms with Crippen molar-refractivity contribution in [2.24, 2.45) is 0 Å². The summed E-state index contributed by atoms with van der Waals surface area (Å²) in [5, 5.41) is 0. The lowest BCUT2D eigenvalue weighted by Crippen LogP contribution is -2.47. The Labute approximate surface area is 156 Å². The minimum Gasteiger partial charge on any atom is -0.444 e. The van der Waals surface area contributed by atoms with Crippen LogP contribution in [0.4, 0.5) is 4.79 Å². The Kier molecular flexibility index (Phi) is 6.34. The first-order valence-electron chi connectivity index (χ1n) is 8.89. The maximum Gasteiger partial charge on any atom is 0.410 e. The van der Waals surface area contributed by atoms with E-state index in [-0.39, 0.29) is 18.1 Å². The molecular weight excluding hydrogens is 354 g/mol. The molecule has 1 amide bonds. The van der Waals surface area contributed by atoms with Crippen LogP contribution in [0.1, 0.15) is 45.6 Å². The predicted molar refractivity (Wildman–Crippen MR) is 101 cm³/mol. The van der Waals surface area contributed by atoms with Gasteiger partial charge in [0.2, 0.25) is 0 Å². The zero-order valence-electron chi connectivity index (χ0n) is 16.0. The molecule has 1 saturated heterocycles. The van der Waals surface area contributed by atoms with E-state index in [0.29, 0.717) is 19.5 Å². The van der Waals surface area contributed by atoms with Gasteiger partial charge in [-0.1, -0.05) is 30.3 Å². The van der Waals surface area contributed by atoms with E-state index >= 15 is 0 Å². The van der Waals surface area contributed by atoms with Crippen molar-refractivity contribution in [2.75, 3.05) is 26.0 Å². The number of nitrogens with zero attached hydrogens (tertiary/aromatic N) is 1. The quantitative estimate of drug-likeness (QED) is 0.729. The number of ether oxygens (including phenoxy) is 1. The summed E-state index contributed by atoms with van der Waals surface area (Å²) in [4.78, 5) is 14.0. The van der Waals surface area contributed by atoms with E-state index in [2.05, 4.69) is 12.1 Å². The molecule has 1 fully saturated rings. The van der Waals surface area contributed by atoms with Crippen LogP contribution in [-0.2, 0) is 24.5 Å². The van der Waals surface area contributed by atoms with Crippen molar-refractivity contribution in [2.45, 2.75) is 51.0 Å². The van der Waals surface area contributed by atoms with Crippen LogP contribution < -0.4 is 0 Å². The molecular formula is C19H29NO5S. The summed E-state index contributed by atoms with van der Waals surface area (Å²) in [5.41, 5.74) is 0.430. The van der Waals surface area contributed by atoms with Crippen LogP contribution in [0.3, 0.4) is 0 Å². The van der Waals surface area contributed by atoms with E-state index in [0.717, 1.165) is 24.7 Å². The molecule has 0 unspecified atom stereocenters. The topological polar surface area (TPSA) is 72.9 Å². The van der Waals surface area contributed by atoms with E-state index in [4.69, 9.17) is 8.92 Å². The van der Waals surface area contributed by atoms with Crippen molar-refractivity contribution >= 4 is 16.2 Å². The summed E-state index contributed by atoms with van der Waals surface area (Å²) < 4.78 is 33.0. The minimum atomic E-state index is -3.46. The average Bonchev–Trinajstić information content (AvgIpc) is 2.53. The van der Waals surface area contributed by atoms with Gasteiger partial charge in [-0.25, -0.2) is 4.79 Å². The SMILES string of the molecule is CC(C)(C)OC(=O)N1CCC(CCOS(C)(=O)=O)(c2ccccc2)CC1. The van der Waals surface area contributed by atoms with Crippen molar-refractivity contribution in [3.05, 3.63) is 35.9 Å². The zero-order valence-corrected chi connectivity index (χ0v) is 16.8. The largest absolute Gasteiger partial charge is 0.444 e. The Balaban J connectivity index is 2.09. The molecule has 0 aromatic heterocycles. The van der Waals surface area contributed by atoms with Gasteiger partial charge in [0.1, 0.15) is 5.60 Å². The molecule has 1 aliphatic heterocycles.